The van der Waals surface area contributed by atoms with Gasteiger partial charge in [0.2, 0.25) is 5.91 Å². The van der Waals surface area contributed by atoms with E-state index in [9.17, 15) is 9.59 Å². The van der Waals surface area contributed by atoms with Crippen molar-refractivity contribution in [2.75, 3.05) is 46.4 Å². The Morgan fingerprint density at radius 3 is 2.46 bits per heavy atom. The van der Waals surface area contributed by atoms with Crippen molar-refractivity contribution < 1.29 is 23.8 Å². The number of hydrogen-bond donors (Lipinski definition) is 0. The Kier molecular flexibility index (Phi) is 10.8. The summed E-state index contributed by atoms with van der Waals surface area (Å²) in [6, 6.07) is 15.6. The molecule has 1 aliphatic rings. The molecule has 0 saturated carbocycles. The van der Waals surface area contributed by atoms with Crippen LogP contribution in [0, 0.1) is 0 Å². The Balaban J connectivity index is 1.52. The molecule has 1 aliphatic heterocycles. The van der Waals surface area contributed by atoms with E-state index in [1.54, 1.807) is 14.0 Å². The maximum atomic E-state index is 12.5. The van der Waals surface area contributed by atoms with Gasteiger partial charge in [-0.3, -0.25) is 14.5 Å². The zero-order valence-electron chi connectivity index (χ0n) is 20.6. The average molecular weight is 503 g/mol. The largest absolute Gasteiger partial charge is 0.497 e. The molecule has 1 saturated heterocycles. The SMILES string of the molecule is CCOC(=O)CCCC(=O)N1CCN(C[C@@H](OCc2cccc(OC)c2)c2ccc(Cl)cc2)CC1. The van der Waals surface area contributed by atoms with E-state index in [-0.39, 0.29) is 24.4 Å². The number of halogens is 1. The number of benzene rings is 2. The number of carbonyl (C=O) groups excluding carboxylic acids is 2. The molecule has 0 aromatic heterocycles. The van der Waals surface area contributed by atoms with Crippen molar-refractivity contribution in [1.29, 1.82) is 0 Å². The summed E-state index contributed by atoms with van der Waals surface area (Å²) >= 11 is 6.10. The van der Waals surface area contributed by atoms with Gasteiger partial charge in [0.15, 0.2) is 0 Å². The van der Waals surface area contributed by atoms with Crippen LogP contribution in [0.25, 0.3) is 0 Å². The molecule has 0 aliphatic carbocycles. The number of hydrogen-bond acceptors (Lipinski definition) is 6. The molecular formula is C27H35ClN2O5. The van der Waals surface area contributed by atoms with Crippen molar-refractivity contribution in [3.63, 3.8) is 0 Å². The highest BCUT2D eigenvalue weighted by Crippen LogP contribution is 2.24. The number of methoxy groups -OCH3 is 1. The summed E-state index contributed by atoms with van der Waals surface area (Å²) in [6.45, 7) is 6.22. The van der Waals surface area contributed by atoms with Crippen molar-refractivity contribution in [3.8, 4) is 5.75 Å². The Morgan fingerprint density at radius 2 is 1.77 bits per heavy atom. The van der Waals surface area contributed by atoms with Crippen LogP contribution in [0.4, 0.5) is 0 Å². The fourth-order valence-corrected chi connectivity index (χ4v) is 4.21. The van der Waals surface area contributed by atoms with Gasteiger partial charge in [-0.2, -0.15) is 0 Å². The summed E-state index contributed by atoms with van der Waals surface area (Å²) < 4.78 is 16.6. The van der Waals surface area contributed by atoms with Crippen molar-refractivity contribution >= 4 is 23.5 Å². The van der Waals surface area contributed by atoms with E-state index < -0.39 is 0 Å². The molecule has 0 radical (unpaired) electrons. The Labute approximate surface area is 212 Å². The van der Waals surface area contributed by atoms with Gasteiger partial charge in [0.25, 0.3) is 0 Å². The van der Waals surface area contributed by atoms with Gasteiger partial charge in [0.05, 0.1) is 26.4 Å². The summed E-state index contributed by atoms with van der Waals surface area (Å²) in [7, 11) is 1.65. The summed E-state index contributed by atoms with van der Waals surface area (Å²) in [5, 5.41) is 0.690. The lowest BCUT2D eigenvalue weighted by atomic mass is 10.1. The van der Waals surface area contributed by atoms with Crippen molar-refractivity contribution in [1.82, 2.24) is 9.80 Å². The van der Waals surface area contributed by atoms with Crippen LogP contribution in [-0.4, -0.2) is 68.1 Å². The van der Waals surface area contributed by atoms with Crippen LogP contribution in [0.1, 0.15) is 43.4 Å². The molecule has 0 bridgehead atoms. The molecule has 1 atom stereocenters. The van der Waals surface area contributed by atoms with Gasteiger partial charge in [-0.1, -0.05) is 35.9 Å². The molecule has 7 nitrogen and oxygen atoms in total. The van der Waals surface area contributed by atoms with Crippen LogP contribution < -0.4 is 4.74 Å². The third-order valence-corrected chi connectivity index (χ3v) is 6.30. The minimum atomic E-state index is -0.243. The first kappa shape index (κ1) is 27.0. The Hall–Kier alpha value is -2.61. The molecule has 0 unspecified atom stereocenters. The van der Waals surface area contributed by atoms with Gasteiger partial charge >= 0.3 is 5.97 Å². The molecule has 190 valence electrons. The molecule has 1 amide bonds. The topological polar surface area (TPSA) is 68.3 Å². The fraction of sp³-hybridized carbons (Fsp3) is 0.481. The minimum Gasteiger partial charge on any atom is -0.497 e. The van der Waals surface area contributed by atoms with E-state index in [1.807, 2.05) is 53.4 Å². The molecule has 35 heavy (non-hydrogen) atoms. The average Bonchev–Trinajstić information content (AvgIpc) is 2.87. The van der Waals surface area contributed by atoms with Crippen LogP contribution in [0.2, 0.25) is 5.02 Å². The molecule has 3 rings (SSSR count). The smallest absolute Gasteiger partial charge is 0.305 e. The van der Waals surface area contributed by atoms with Gasteiger partial charge in [-0.25, -0.2) is 0 Å². The van der Waals surface area contributed by atoms with Gasteiger partial charge in [0.1, 0.15) is 5.75 Å². The maximum absolute atomic E-state index is 12.5. The molecule has 8 heteroatoms. The zero-order chi connectivity index (χ0) is 25.0. The lowest BCUT2D eigenvalue weighted by molar-refractivity contribution is -0.143. The van der Waals surface area contributed by atoms with Crippen molar-refractivity contribution in [2.45, 2.75) is 38.9 Å². The number of nitrogens with zero attached hydrogens (tertiary/aromatic N) is 2. The lowest BCUT2D eigenvalue weighted by Crippen LogP contribution is -2.49. The molecule has 0 spiro atoms. The second kappa shape index (κ2) is 14.1. The van der Waals surface area contributed by atoms with E-state index >= 15 is 0 Å². The van der Waals surface area contributed by atoms with E-state index in [0.717, 1.165) is 36.5 Å². The Bertz CT molecular complexity index is 945. The van der Waals surface area contributed by atoms with Gasteiger partial charge in [-0.05, 0) is 48.7 Å². The van der Waals surface area contributed by atoms with E-state index in [0.29, 0.717) is 44.2 Å². The standard InChI is InChI=1S/C27H35ClN2O5/c1-3-34-27(32)9-5-8-26(31)30-16-14-29(15-17-30)19-25(22-10-12-23(28)13-11-22)35-20-21-6-4-7-24(18-21)33-2/h4,6-7,10-13,18,25H,3,5,8-9,14-17,19-20H2,1-2H3/t25-/m1/s1. The molecule has 0 N–H and O–H groups in total. The summed E-state index contributed by atoms with van der Waals surface area (Å²) in [5.41, 5.74) is 2.11. The summed E-state index contributed by atoms with van der Waals surface area (Å²) in [4.78, 5) is 28.2. The number of rotatable bonds is 12. The first-order chi connectivity index (χ1) is 17.0. The summed E-state index contributed by atoms with van der Waals surface area (Å²) in [6.07, 6.45) is 1.04. The third kappa shape index (κ3) is 8.84. The first-order valence-electron chi connectivity index (χ1n) is 12.1. The second-order valence-corrected chi connectivity index (χ2v) is 8.98. The van der Waals surface area contributed by atoms with Crippen molar-refractivity contribution in [2.24, 2.45) is 0 Å². The van der Waals surface area contributed by atoms with Crippen LogP contribution in [-0.2, 0) is 25.7 Å². The van der Waals surface area contributed by atoms with E-state index in [4.69, 9.17) is 25.8 Å². The lowest BCUT2D eigenvalue weighted by Gasteiger charge is -2.36. The highest BCUT2D eigenvalue weighted by Gasteiger charge is 2.24. The molecule has 1 heterocycles. The monoisotopic (exact) mass is 502 g/mol. The number of amides is 1. The van der Waals surface area contributed by atoms with E-state index in [2.05, 4.69) is 4.90 Å². The van der Waals surface area contributed by atoms with E-state index in [1.165, 1.54) is 0 Å². The van der Waals surface area contributed by atoms with Gasteiger partial charge in [-0.15, -0.1) is 0 Å². The van der Waals surface area contributed by atoms with Crippen LogP contribution >= 0.6 is 11.6 Å². The quantitative estimate of drug-likeness (QED) is 0.398. The molecule has 2 aromatic carbocycles. The van der Waals surface area contributed by atoms with Gasteiger partial charge < -0.3 is 19.1 Å². The maximum Gasteiger partial charge on any atom is 0.305 e. The normalized spacial score (nSPS) is 15.0. The number of piperazine rings is 1. The predicted molar refractivity (Wildman–Crippen MR) is 135 cm³/mol. The molecule has 2 aromatic rings. The third-order valence-electron chi connectivity index (χ3n) is 6.05. The van der Waals surface area contributed by atoms with Crippen LogP contribution in [0.3, 0.4) is 0 Å². The molecular weight excluding hydrogens is 468 g/mol. The Morgan fingerprint density at radius 1 is 1.03 bits per heavy atom. The van der Waals surface area contributed by atoms with Crippen molar-refractivity contribution in [3.05, 3.63) is 64.7 Å². The fourth-order valence-electron chi connectivity index (χ4n) is 4.08. The van der Waals surface area contributed by atoms with Gasteiger partial charge in [0, 0.05) is 50.6 Å². The number of carbonyl (C=O) groups is 2. The second-order valence-electron chi connectivity index (χ2n) is 8.54. The van der Waals surface area contributed by atoms with Crippen LogP contribution in [0.15, 0.2) is 48.5 Å². The minimum absolute atomic E-state index is 0.0949. The highest BCUT2D eigenvalue weighted by molar-refractivity contribution is 6.30. The zero-order valence-corrected chi connectivity index (χ0v) is 21.3. The molecule has 1 fully saturated rings. The first-order valence-corrected chi connectivity index (χ1v) is 12.5. The van der Waals surface area contributed by atoms with Crippen LogP contribution in [0.5, 0.6) is 5.75 Å². The summed E-state index contributed by atoms with van der Waals surface area (Å²) in [5.74, 6) is 0.655. The number of esters is 1. The predicted octanol–water partition coefficient (Wildman–Crippen LogP) is 4.48. The number of ether oxygens (including phenoxy) is 3. The highest BCUT2D eigenvalue weighted by atomic mass is 35.5.